The number of amides is 1. The summed E-state index contributed by atoms with van der Waals surface area (Å²) in [4.78, 5) is 11.7. The fourth-order valence-electron chi connectivity index (χ4n) is 1.99. The first-order valence-electron chi connectivity index (χ1n) is 6.80. The van der Waals surface area contributed by atoms with E-state index in [2.05, 4.69) is 5.32 Å². The fraction of sp³-hybridized carbons (Fsp3) is 0.500. The average molecular weight is 313 g/mol. The van der Waals surface area contributed by atoms with Crippen molar-refractivity contribution in [2.75, 3.05) is 27.2 Å². The minimum atomic E-state index is -3.59. The molecule has 0 bridgehead atoms. The van der Waals surface area contributed by atoms with Crippen LogP contribution >= 0.6 is 0 Å². The Bertz CT molecular complexity index is 570. The maximum absolute atomic E-state index is 12.4. The second-order valence-electron chi connectivity index (χ2n) is 4.98. The minimum absolute atomic E-state index is 0.132. The monoisotopic (exact) mass is 313 g/mol. The van der Waals surface area contributed by atoms with Crippen molar-refractivity contribution < 1.29 is 13.2 Å². The van der Waals surface area contributed by atoms with Crippen LogP contribution in [0.15, 0.2) is 29.2 Å². The first kappa shape index (κ1) is 17.6. The highest BCUT2D eigenvalue weighted by molar-refractivity contribution is 7.89. The van der Waals surface area contributed by atoms with Crippen molar-refractivity contribution in [2.45, 2.75) is 18.2 Å². The molecule has 0 spiro atoms. The lowest BCUT2D eigenvalue weighted by Gasteiger charge is -2.20. The Morgan fingerprint density at radius 1 is 1.33 bits per heavy atom. The van der Waals surface area contributed by atoms with Crippen LogP contribution in [-0.2, 0) is 21.2 Å². The molecule has 0 saturated carbocycles. The maximum Gasteiger partial charge on any atom is 0.242 e. The van der Waals surface area contributed by atoms with Gasteiger partial charge in [0, 0.05) is 26.6 Å². The molecule has 7 heteroatoms. The van der Waals surface area contributed by atoms with E-state index in [4.69, 9.17) is 5.73 Å². The van der Waals surface area contributed by atoms with E-state index in [1.54, 1.807) is 31.2 Å². The second kappa shape index (κ2) is 7.53. The zero-order chi connectivity index (χ0) is 16.0. The summed E-state index contributed by atoms with van der Waals surface area (Å²) in [6.07, 6.45) is 0.712. The highest BCUT2D eigenvalue weighted by Crippen LogP contribution is 2.16. The summed E-state index contributed by atoms with van der Waals surface area (Å²) in [7, 11) is -0.579. The molecule has 0 fully saturated rings. The number of nitrogens with zero attached hydrogens (tertiary/aromatic N) is 1. The summed E-state index contributed by atoms with van der Waals surface area (Å²) in [6, 6.07) is 6.66. The summed E-state index contributed by atoms with van der Waals surface area (Å²) < 4.78 is 26.0. The van der Waals surface area contributed by atoms with Gasteiger partial charge < -0.3 is 11.1 Å². The summed E-state index contributed by atoms with van der Waals surface area (Å²) in [6.45, 7) is 2.34. The summed E-state index contributed by atoms with van der Waals surface area (Å²) in [5.41, 5.74) is 6.46. The summed E-state index contributed by atoms with van der Waals surface area (Å²) in [5, 5.41) is 2.51. The van der Waals surface area contributed by atoms with E-state index in [1.165, 1.54) is 18.4 Å². The van der Waals surface area contributed by atoms with Crippen LogP contribution in [-0.4, -0.2) is 45.8 Å². The topological polar surface area (TPSA) is 92.5 Å². The lowest BCUT2D eigenvalue weighted by molar-refractivity contribution is -0.124. The highest BCUT2D eigenvalue weighted by Gasteiger charge is 2.24. The minimum Gasteiger partial charge on any atom is -0.359 e. The number of carbonyl (C=O) groups is 1. The Morgan fingerprint density at radius 2 is 1.90 bits per heavy atom. The fourth-order valence-corrected chi connectivity index (χ4v) is 3.25. The standard InChI is InChI=1S/C14H23N3O3S/c1-11(14(18)16-2)10-17(3)21(19,20)13-6-4-12(5-7-13)8-9-15/h4-7,11H,8-10,15H2,1-3H3,(H,16,18). The summed E-state index contributed by atoms with van der Waals surface area (Å²) >= 11 is 0. The van der Waals surface area contributed by atoms with Crippen molar-refractivity contribution in [1.29, 1.82) is 0 Å². The molecule has 0 aliphatic heterocycles. The molecule has 3 N–H and O–H groups in total. The molecule has 0 aliphatic rings. The molecule has 1 unspecified atom stereocenters. The van der Waals surface area contributed by atoms with E-state index in [0.29, 0.717) is 13.0 Å². The number of hydrogen-bond donors (Lipinski definition) is 2. The number of benzene rings is 1. The van der Waals surface area contributed by atoms with Crippen molar-refractivity contribution in [3.63, 3.8) is 0 Å². The van der Waals surface area contributed by atoms with Crippen LogP contribution in [0.25, 0.3) is 0 Å². The SMILES string of the molecule is CNC(=O)C(C)CN(C)S(=O)(=O)c1ccc(CCN)cc1. The number of nitrogens with two attached hydrogens (primary N) is 1. The van der Waals surface area contributed by atoms with Crippen LogP contribution in [0.2, 0.25) is 0 Å². The Kier molecular flexibility index (Phi) is 6.32. The normalized spacial score (nSPS) is 13.2. The van der Waals surface area contributed by atoms with Crippen molar-refractivity contribution in [1.82, 2.24) is 9.62 Å². The van der Waals surface area contributed by atoms with Crippen LogP contribution in [0.5, 0.6) is 0 Å². The first-order chi connectivity index (χ1) is 9.82. The van der Waals surface area contributed by atoms with Crippen LogP contribution in [0.1, 0.15) is 12.5 Å². The van der Waals surface area contributed by atoms with Gasteiger partial charge in [0.1, 0.15) is 0 Å². The van der Waals surface area contributed by atoms with Gasteiger partial charge in [-0.05, 0) is 30.7 Å². The van der Waals surface area contributed by atoms with Crippen LogP contribution in [0.4, 0.5) is 0 Å². The highest BCUT2D eigenvalue weighted by atomic mass is 32.2. The van der Waals surface area contributed by atoms with Gasteiger partial charge in [-0.15, -0.1) is 0 Å². The molecule has 0 radical (unpaired) electrons. The third kappa shape index (κ3) is 4.52. The molecule has 1 atom stereocenters. The maximum atomic E-state index is 12.4. The molecule has 0 aromatic heterocycles. The average Bonchev–Trinajstić information content (AvgIpc) is 2.47. The summed E-state index contributed by atoms with van der Waals surface area (Å²) in [5.74, 6) is -0.596. The smallest absolute Gasteiger partial charge is 0.242 e. The number of hydrogen-bond acceptors (Lipinski definition) is 4. The molecule has 1 rings (SSSR count). The Balaban J connectivity index is 2.86. The van der Waals surface area contributed by atoms with Gasteiger partial charge >= 0.3 is 0 Å². The second-order valence-corrected chi connectivity index (χ2v) is 7.03. The molecule has 0 heterocycles. The van der Waals surface area contributed by atoms with Gasteiger partial charge in [0.15, 0.2) is 0 Å². The predicted molar refractivity (Wildman–Crippen MR) is 82.2 cm³/mol. The van der Waals surface area contributed by atoms with Gasteiger partial charge in [0.05, 0.1) is 4.90 Å². The van der Waals surface area contributed by atoms with E-state index in [0.717, 1.165) is 5.56 Å². The zero-order valence-electron chi connectivity index (χ0n) is 12.7. The number of nitrogens with one attached hydrogen (secondary N) is 1. The van der Waals surface area contributed by atoms with Crippen molar-refractivity contribution in [3.05, 3.63) is 29.8 Å². The molecule has 118 valence electrons. The van der Waals surface area contributed by atoms with Gasteiger partial charge in [-0.1, -0.05) is 19.1 Å². The largest absolute Gasteiger partial charge is 0.359 e. The molecule has 21 heavy (non-hydrogen) atoms. The number of sulfonamides is 1. The van der Waals surface area contributed by atoms with E-state index in [-0.39, 0.29) is 17.3 Å². The third-order valence-corrected chi connectivity index (χ3v) is 5.13. The van der Waals surface area contributed by atoms with Crippen LogP contribution in [0, 0.1) is 5.92 Å². The molecular weight excluding hydrogens is 290 g/mol. The molecule has 1 amide bonds. The van der Waals surface area contributed by atoms with Crippen molar-refractivity contribution >= 4 is 15.9 Å². The quantitative estimate of drug-likeness (QED) is 0.751. The number of rotatable bonds is 7. The lowest BCUT2D eigenvalue weighted by Crippen LogP contribution is -2.37. The van der Waals surface area contributed by atoms with Crippen LogP contribution in [0.3, 0.4) is 0 Å². The van der Waals surface area contributed by atoms with Crippen molar-refractivity contribution in [2.24, 2.45) is 11.7 Å². The van der Waals surface area contributed by atoms with Gasteiger partial charge in [0.2, 0.25) is 15.9 Å². The van der Waals surface area contributed by atoms with Crippen molar-refractivity contribution in [3.8, 4) is 0 Å². The van der Waals surface area contributed by atoms with Gasteiger partial charge in [-0.25, -0.2) is 12.7 Å². The van der Waals surface area contributed by atoms with Gasteiger partial charge in [-0.3, -0.25) is 4.79 Å². The van der Waals surface area contributed by atoms with E-state index >= 15 is 0 Å². The predicted octanol–water partition coefficient (Wildman–Crippen LogP) is 0.190. The molecular formula is C14H23N3O3S. The molecule has 0 saturated heterocycles. The molecule has 6 nitrogen and oxygen atoms in total. The Hall–Kier alpha value is -1.44. The lowest BCUT2D eigenvalue weighted by atomic mass is 10.2. The Labute approximate surface area is 126 Å². The van der Waals surface area contributed by atoms with Gasteiger partial charge in [0.25, 0.3) is 0 Å². The van der Waals surface area contributed by atoms with E-state index in [9.17, 15) is 13.2 Å². The first-order valence-corrected chi connectivity index (χ1v) is 8.24. The van der Waals surface area contributed by atoms with Gasteiger partial charge in [-0.2, -0.15) is 0 Å². The zero-order valence-corrected chi connectivity index (χ0v) is 13.5. The Morgan fingerprint density at radius 3 is 2.38 bits per heavy atom. The van der Waals surface area contributed by atoms with Crippen LogP contribution < -0.4 is 11.1 Å². The molecule has 1 aromatic rings. The molecule has 0 aliphatic carbocycles. The third-order valence-electron chi connectivity index (χ3n) is 3.29. The molecule has 1 aromatic carbocycles. The number of carbonyl (C=O) groups excluding carboxylic acids is 1. The van der Waals surface area contributed by atoms with E-state index in [1.807, 2.05) is 0 Å². The van der Waals surface area contributed by atoms with E-state index < -0.39 is 15.9 Å².